The Morgan fingerprint density at radius 1 is 1.45 bits per heavy atom. The molecule has 1 aromatic rings. The van der Waals surface area contributed by atoms with Gasteiger partial charge in [0.15, 0.2) is 11.6 Å². The first-order chi connectivity index (χ1) is 10.0. The maximum absolute atomic E-state index is 13.8. The van der Waals surface area contributed by atoms with E-state index in [9.17, 15) is 9.18 Å². The average Bonchev–Trinajstić information content (AvgIpc) is 2.54. The fourth-order valence-electron chi connectivity index (χ4n) is 2.60. The van der Waals surface area contributed by atoms with E-state index in [0.29, 0.717) is 31.7 Å². The number of nitrogens with two attached hydrogens (primary N) is 1. The highest BCUT2D eigenvalue weighted by Crippen LogP contribution is 2.33. The van der Waals surface area contributed by atoms with Crippen LogP contribution in [0.15, 0.2) is 18.2 Å². The minimum absolute atomic E-state index is 0. The number of benzene rings is 1. The molecule has 0 spiro atoms. The number of methoxy groups -OCH3 is 1. The summed E-state index contributed by atoms with van der Waals surface area (Å²) in [6.07, 6.45) is 1.18. The molecule has 124 valence electrons. The number of anilines is 1. The van der Waals surface area contributed by atoms with E-state index < -0.39 is 11.2 Å². The molecule has 1 aromatic carbocycles. The van der Waals surface area contributed by atoms with Crippen molar-refractivity contribution in [3.05, 3.63) is 24.0 Å². The van der Waals surface area contributed by atoms with Gasteiger partial charge in [-0.15, -0.1) is 12.4 Å². The number of carbonyl (C=O) groups is 1. The van der Waals surface area contributed by atoms with Crippen molar-refractivity contribution in [2.45, 2.75) is 12.8 Å². The van der Waals surface area contributed by atoms with Crippen molar-refractivity contribution >= 4 is 24.0 Å². The molecular formula is C15H22ClFN2O3. The van der Waals surface area contributed by atoms with Crippen LogP contribution in [0.5, 0.6) is 5.75 Å². The number of ether oxygens (including phenoxy) is 2. The zero-order valence-corrected chi connectivity index (χ0v) is 13.6. The zero-order valence-electron chi connectivity index (χ0n) is 12.8. The summed E-state index contributed by atoms with van der Waals surface area (Å²) in [5.41, 5.74) is 5.70. The van der Waals surface area contributed by atoms with Gasteiger partial charge < -0.3 is 20.1 Å². The summed E-state index contributed by atoms with van der Waals surface area (Å²) < 4.78 is 24.0. The first-order valence-electron chi connectivity index (χ1n) is 6.93. The third-order valence-electron chi connectivity index (χ3n) is 4.12. The molecule has 2 rings (SSSR count). The van der Waals surface area contributed by atoms with Gasteiger partial charge in [-0.3, -0.25) is 4.79 Å². The molecule has 22 heavy (non-hydrogen) atoms. The van der Waals surface area contributed by atoms with Gasteiger partial charge in [-0.2, -0.15) is 0 Å². The summed E-state index contributed by atoms with van der Waals surface area (Å²) in [7, 11) is 3.04. The normalized spacial score (nSPS) is 16.5. The Morgan fingerprint density at radius 3 is 2.59 bits per heavy atom. The molecule has 0 bridgehead atoms. The van der Waals surface area contributed by atoms with E-state index in [2.05, 4.69) is 0 Å². The van der Waals surface area contributed by atoms with Crippen molar-refractivity contribution in [3.8, 4) is 5.75 Å². The van der Waals surface area contributed by atoms with Gasteiger partial charge in [-0.1, -0.05) is 0 Å². The lowest BCUT2D eigenvalue weighted by Gasteiger charge is -2.37. The Balaban J connectivity index is 0.00000242. The molecule has 0 aromatic heterocycles. The number of halogens is 2. The van der Waals surface area contributed by atoms with E-state index in [4.69, 9.17) is 15.2 Å². The number of rotatable bonds is 4. The Kier molecular flexibility index (Phi) is 6.59. The van der Waals surface area contributed by atoms with Crippen LogP contribution in [0.4, 0.5) is 10.1 Å². The van der Waals surface area contributed by atoms with E-state index in [0.717, 1.165) is 0 Å². The summed E-state index contributed by atoms with van der Waals surface area (Å²) in [5.74, 6) is -0.444. The lowest BCUT2D eigenvalue weighted by Crippen LogP contribution is -2.49. The van der Waals surface area contributed by atoms with Crippen LogP contribution in [-0.2, 0) is 9.53 Å². The Morgan fingerprint density at radius 2 is 2.09 bits per heavy atom. The second-order valence-electron chi connectivity index (χ2n) is 5.28. The van der Waals surface area contributed by atoms with E-state index in [1.54, 1.807) is 13.1 Å². The highest BCUT2D eigenvalue weighted by Gasteiger charge is 2.41. The lowest BCUT2D eigenvalue weighted by atomic mass is 9.79. The van der Waals surface area contributed by atoms with Gasteiger partial charge in [0.1, 0.15) is 0 Å². The summed E-state index contributed by atoms with van der Waals surface area (Å²) in [6.45, 7) is 1.31. The molecule has 0 saturated carbocycles. The van der Waals surface area contributed by atoms with Crippen LogP contribution in [-0.4, -0.2) is 39.8 Å². The molecule has 1 fully saturated rings. The molecule has 1 aliphatic heterocycles. The van der Waals surface area contributed by atoms with E-state index in [1.165, 1.54) is 24.1 Å². The van der Waals surface area contributed by atoms with Gasteiger partial charge in [0.05, 0.1) is 12.5 Å². The van der Waals surface area contributed by atoms with E-state index >= 15 is 0 Å². The number of hydrogen-bond donors (Lipinski definition) is 1. The van der Waals surface area contributed by atoms with Gasteiger partial charge in [-0.25, -0.2) is 4.39 Å². The molecule has 0 aliphatic carbocycles. The highest BCUT2D eigenvalue weighted by molar-refractivity contribution is 5.97. The fourth-order valence-corrected chi connectivity index (χ4v) is 2.60. The average molecular weight is 333 g/mol. The second kappa shape index (κ2) is 7.76. The van der Waals surface area contributed by atoms with Crippen molar-refractivity contribution in [2.75, 3.05) is 38.8 Å². The van der Waals surface area contributed by atoms with Crippen molar-refractivity contribution in [1.29, 1.82) is 0 Å². The van der Waals surface area contributed by atoms with E-state index in [1.807, 2.05) is 0 Å². The van der Waals surface area contributed by atoms with Crippen molar-refractivity contribution < 1.29 is 18.7 Å². The van der Waals surface area contributed by atoms with Gasteiger partial charge in [0, 0.05) is 38.6 Å². The minimum Gasteiger partial charge on any atom is -0.494 e. The smallest absolute Gasteiger partial charge is 0.234 e. The minimum atomic E-state index is -0.622. The summed E-state index contributed by atoms with van der Waals surface area (Å²) in [6, 6.07) is 4.46. The van der Waals surface area contributed by atoms with Crippen LogP contribution in [0.3, 0.4) is 0 Å². The van der Waals surface area contributed by atoms with Crippen molar-refractivity contribution in [2.24, 2.45) is 11.1 Å². The molecule has 1 heterocycles. The van der Waals surface area contributed by atoms with Gasteiger partial charge >= 0.3 is 0 Å². The maximum Gasteiger partial charge on any atom is 0.234 e. The molecule has 7 heteroatoms. The van der Waals surface area contributed by atoms with Crippen molar-refractivity contribution in [3.63, 3.8) is 0 Å². The first kappa shape index (κ1) is 18.7. The molecule has 0 unspecified atom stereocenters. The first-order valence-corrected chi connectivity index (χ1v) is 6.93. The quantitative estimate of drug-likeness (QED) is 0.915. The molecular weight excluding hydrogens is 311 g/mol. The Hall–Kier alpha value is -1.37. The molecule has 2 N–H and O–H groups in total. The third-order valence-corrected chi connectivity index (χ3v) is 4.12. The SMILES string of the molecule is COc1ccc(N(C)C(=O)C2(CN)CCOCC2)cc1F.Cl. The van der Waals surface area contributed by atoms with Crippen LogP contribution in [0.1, 0.15) is 12.8 Å². The molecule has 0 radical (unpaired) electrons. The number of carbonyl (C=O) groups excluding carboxylic acids is 1. The van der Waals surface area contributed by atoms with Gasteiger partial charge in [0.25, 0.3) is 0 Å². The van der Waals surface area contributed by atoms with E-state index in [-0.39, 0.29) is 30.6 Å². The largest absolute Gasteiger partial charge is 0.494 e. The standard InChI is InChI=1S/C15H21FN2O3.ClH/c1-18(11-3-4-13(20-2)12(16)9-11)14(19)15(10-17)5-7-21-8-6-15;/h3-4,9H,5-8,10,17H2,1-2H3;1H. The van der Waals surface area contributed by atoms with Crippen LogP contribution >= 0.6 is 12.4 Å². The molecule has 1 amide bonds. The van der Waals surface area contributed by atoms with Crippen LogP contribution in [0.2, 0.25) is 0 Å². The van der Waals surface area contributed by atoms with Gasteiger partial charge in [-0.05, 0) is 25.0 Å². The van der Waals surface area contributed by atoms with Gasteiger partial charge in [0.2, 0.25) is 5.91 Å². The van der Waals surface area contributed by atoms with Crippen LogP contribution in [0, 0.1) is 11.2 Å². The molecule has 0 atom stereocenters. The molecule has 5 nitrogen and oxygen atoms in total. The fraction of sp³-hybridized carbons (Fsp3) is 0.533. The highest BCUT2D eigenvalue weighted by atomic mass is 35.5. The molecule has 1 aliphatic rings. The van der Waals surface area contributed by atoms with Crippen LogP contribution in [0.25, 0.3) is 0 Å². The Labute approximate surface area is 136 Å². The lowest BCUT2D eigenvalue weighted by molar-refractivity contribution is -0.132. The van der Waals surface area contributed by atoms with Crippen molar-refractivity contribution in [1.82, 2.24) is 0 Å². The predicted octanol–water partition coefficient (Wildman–Crippen LogP) is 1.97. The number of hydrogen-bond acceptors (Lipinski definition) is 4. The summed E-state index contributed by atoms with van der Waals surface area (Å²) >= 11 is 0. The zero-order chi connectivity index (χ0) is 15.5. The monoisotopic (exact) mass is 332 g/mol. The second-order valence-corrected chi connectivity index (χ2v) is 5.28. The maximum atomic E-state index is 13.8. The Bertz CT molecular complexity index is 522. The predicted molar refractivity (Wildman–Crippen MR) is 85.2 cm³/mol. The number of nitrogens with zero attached hydrogens (tertiary/aromatic N) is 1. The third kappa shape index (κ3) is 3.51. The summed E-state index contributed by atoms with van der Waals surface area (Å²) in [4.78, 5) is 14.2. The molecule has 1 saturated heterocycles. The number of amides is 1. The topological polar surface area (TPSA) is 64.8 Å². The summed E-state index contributed by atoms with van der Waals surface area (Å²) in [5, 5.41) is 0. The van der Waals surface area contributed by atoms with Crippen LogP contribution < -0.4 is 15.4 Å².